The van der Waals surface area contributed by atoms with Crippen molar-refractivity contribution < 1.29 is 84.6 Å². The molecule has 0 radical (unpaired) electrons. The van der Waals surface area contributed by atoms with Crippen LogP contribution in [0.4, 0.5) is 0 Å². The van der Waals surface area contributed by atoms with Crippen LogP contribution in [0.2, 0.25) is 0 Å². The quantitative estimate of drug-likeness (QED) is 0.141. The van der Waals surface area contributed by atoms with Crippen molar-refractivity contribution in [1.29, 1.82) is 0 Å². The second-order valence-corrected chi connectivity index (χ2v) is 5.05. The number of hydrogen-bond acceptors (Lipinski definition) is 10. The zero-order chi connectivity index (χ0) is 25.5. The minimum absolute atomic E-state index is 0.558. The Kier molecular flexibility index (Phi) is 15.1. The zero-order valence-corrected chi connectivity index (χ0v) is 15.1. The van der Waals surface area contributed by atoms with Gasteiger partial charge in [-0.25, -0.2) is 24.0 Å². The first-order chi connectivity index (χ1) is 13.9. The van der Waals surface area contributed by atoms with Crippen LogP contribution in [0.3, 0.4) is 0 Å². The van der Waals surface area contributed by atoms with Crippen LogP contribution in [0.15, 0.2) is 12.2 Å². The normalized spacial score (nSPS) is 12.1. The van der Waals surface area contributed by atoms with Crippen molar-refractivity contribution in [3.8, 4) is 0 Å². The number of aliphatic hydroxyl groups excluding tert-OH is 2. The summed E-state index contributed by atoms with van der Waals surface area (Å²) >= 11 is 0. The van der Waals surface area contributed by atoms with Gasteiger partial charge in [0, 0.05) is 12.2 Å². The first kappa shape index (κ1) is 31.6. The van der Waals surface area contributed by atoms with Gasteiger partial charge in [0.15, 0.2) is 17.8 Å². The number of carboxylic acids is 7. The van der Waals surface area contributed by atoms with Crippen LogP contribution in [-0.2, 0) is 33.6 Å². The summed E-state index contributed by atoms with van der Waals surface area (Å²) in [5, 5.41) is 82.0. The summed E-state index contributed by atoms with van der Waals surface area (Å²) in [5.74, 6) is -11.1. The van der Waals surface area contributed by atoms with Crippen LogP contribution in [0, 0.1) is 0 Å². The maximum absolute atomic E-state index is 10.3. The van der Waals surface area contributed by atoms with Gasteiger partial charge >= 0.3 is 41.8 Å². The van der Waals surface area contributed by atoms with E-state index in [1.807, 2.05) is 0 Å². The van der Waals surface area contributed by atoms with Crippen LogP contribution >= 0.6 is 0 Å². The van der Waals surface area contributed by atoms with Crippen molar-refractivity contribution in [2.45, 2.75) is 30.7 Å². The highest BCUT2D eigenvalue weighted by atomic mass is 16.4. The van der Waals surface area contributed by atoms with Gasteiger partial charge in [-0.2, -0.15) is 0 Å². The summed E-state index contributed by atoms with van der Waals surface area (Å²) in [6.45, 7) is 0. The van der Waals surface area contributed by atoms with Crippen molar-refractivity contribution in [3.63, 3.8) is 0 Å². The molecule has 31 heavy (non-hydrogen) atoms. The molecule has 0 aromatic carbocycles. The lowest BCUT2D eigenvalue weighted by Crippen LogP contribution is -2.42. The average Bonchev–Trinajstić information content (AvgIpc) is 2.57. The van der Waals surface area contributed by atoms with Crippen molar-refractivity contribution in [1.82, 2.24) is 0 Å². The topological polar surface area (TPSA) is 322 Å². The van der Waals surface area contributed by atoms with E-state index < -0.39 is 72.4 Å². The predicted molar refractivity (Wildman–Crippen MR) is 88.8 cm³/mol. The molecule has 0 rings (SSSR count). The molecule has 0 aliphatic heterocycles. The Hall–Kier alpha value is -4.09. The van der Waals surface area contributed by atoms with Crippen molar-refractivity contribution in [2.75, 3.05) is 0 Å². The van der Waals surface area contributed by atoms with Crippen LogP contribution in [0.25, 0.3) is 0 Å². The van der Waals surface area contributed by atoms with Gasteiger partial charge in [-0.05, 0) is 0 Å². The molecule has 0 aromatic rings. The van der Waals surface area contributed by atoms with Crippen LogP contribution in [0.5, 0.6) is 0 Å². The number of aliphatic hydroxyl groups is 3. The SMILES string of the molecule is O=C(O)C(O)C(O)C(=O)O.O=C(O)C=CC(=O)O.O=C(O)CC(O)(CC(=O)O)C(=O)O. The van der Waals surface area contributed by atoms with E-state index in [1.165, 1.54) is 0 Å². The molecule has 0 heterocycles. The molecule has 0 aromatic heterocycles. The first-order valence-corrected chi connectivity index (χ1v) is 7.22. The Labute approximate surface area is 170 Å². The fourth-order valence-electron chi connectivity index (χ4n) is 1.13. The van der Waals surface area contributed by atoms with Gasteiger partial charge in [0.2, 0.25) is 0 Å². The Balaban J connectivity index is -0.000000392. The Morgan fingerprint density at radius 1 is 0.613 bits per heavy atom. The monoisotopic (exact) mass is 458 g/mol. The summed E-state index contributed by atoms with van der Waals surface area (Å²) in [6, 6.07) is 0. The van der Waals surface area contributed by atoms with Crippen molar-refractivity contribution >= 4 is 41.8 Å². The van der Waals surface area contributed by atoms with Crippen molar-refractivity contribution in [3.05, 3.63) is 12.2 Å². The fraction of sp³-hybridized carbons (Fsp3) is 0.357. The lowest BCUT2D eigenvalue weighted by molar-refractivity contribution is -0.170. The van der Waals surface area contributed by atoms with Crippen molar-refractivity contribution in [2.24, 2.45) is 0 Å². The van der Waals surface area contributed by atoms with Gasteiger partial charge in [-0.1, -0.05) is 0 Å². The molecule has 0 amide bonds. The molecule has 2 unspecified atom stereocenters. The van der Waals surface area contributed by atoms with E-state index in [1.54, 1.807) is 0 Å². The largest absolute Gasteiger partial charge is 0.481 e. The Bertz CT molecular complexity index is 670. The maximum atomic E-state index is 10.3. The molecule has 2 atom stereocenters. The lowest BCUT2D eigenvalue weighted by Gasteiger charge is -2.18. The molecule has 0 aliphatic carbocycles. The molecule has 10 N–H and O–H groups in total. The summed E-state index contributed by atoms with van der Waals surface area (Å²) in [5.41, 5.74) is -2.74. The van der Waals surface area contributed by atoms with Crippen LogP contribution < -0.4 is 0 Å². The summed E-state index contributed by atoms with van der Waals surface area (Å²) < 4.78 is 0. The Morgan fingerprint density at radius 2 is 0.871 bits per heavy atom. The van der Waals surface area contributed by atoms with Gasteiger partial charge in [0.25, 0.3) is 0 Å². The second kappa shape index (κ2) is 14.8. The average molecular weight is 458 g/mol. The summed E-state index contributed by atoms with van der Waals surface area (Å²) in [6.07, 6.45) is -5.71. The summed E-state index contributed by atoms with van der Waals surface area (Å²) in [4.78, 5) is 69.1. The number of carboxylic acid groups (broad SMARTS) is 7. The van der Waals surface area contributed by atoms with E-state index >= 15 is 0 Å². The van der Waals surface area contributed by atoms with Gasteiger partial charge in [-0.3, -0.25) is 9.59 Å². The third kappa shape index (κ3) is 17.7. The fourth-order valence-corrected chi connectivity index (χ4v) is 1.13. The zero-order valence-electron chi connectivity index (χ0n) is 15.1. The molecule has 0 saturated heterocycles. The molecule has 176 valence electrons. The van der Waals surface area contributed by atoms with Crippen LogP contribution in [-0.4, -0.2) is 111 Å². The minimum atomic E-state index is -2.74. The molecule has 0 aliphatic rings. The number of hydrogen-bond donors (Lipinski definition) is 10. The molecule has 0 bridgehead atoms. The lowest BCUT2D eigenvalue weighted by atomic mass is 9.96. The minimum Gasteiger partial charge on any atom is -0.481 e. The highest BCUT2D eigenvalue weighted by Crippen LogP contribution is 2.15. The Morgan fingerprint density at radius 3 is 1.00 bits per heavy atom. The standard InChI is InChI=1S/C6H8O7.C4H6O6.C4H4O4/c7-3(8)1-6(13,5(11)12)2-4(9)10;5-1(3(7)8)2(6)4(9)10;5-3(6)1-2-4(7)8/h13H,1-2H2,(H,7,8)(H,9,10)(H,11,12);1-2,5-6H,(H,7,8)(H,9,10);1-2H,(H,5,6)(H,7,8). The molecule has 0 fully saturated rings. The van der Waals surface area contributed by atoms with E-state index in [9.17, 15) is 33.6 Å². The number of aliphatic carboxylic acids is 7. The third-order valence-electron chi connectivity index (χ3n) is 2.46. The maximum Gasteiger partial charge on any atom is 0.336 e. The van der Waals surface area contributed by atoms with Gasteiger partial charge < -0.3 is 51.1 Å². The molecule has 0 saturated carbocycles. The number of rotatable bonds is 10. The van der Waals surface area contributed by atoms with Gasteiger partial charge in [0.05, 0.1) is 12.8 Å². The van der Waals surface area contributed by atoms with E-state index in [-0.39, 0.29) is 0 Å². The number of carbonyl (C=O) groups is 7. The third-order valence-corrected chi connectivity index (χ3v) is 2.46. The molecular formula is C14H18O17. The van der Waals surface area contributed by atoms with E-state index in [2.05, 4.69) is 0 Å². The molecule has 17 heteroatoms. The van der Waals surface area contributed by atoms with E-state index in [0.29, 0.717) is 12.2 Å². The summed E-state index contributed by atoms with van der Waals surface area (Å²) in [7, 11) is 0. The van der Waals surface area contributed by atoms with Crippen LogP contribution in [0.1, 0.15) is 12.8 Å². The second-order valence-electron chi connectivity index (χ2n) is 5.05. The predicted octanol–water partition coefficient (Wildman–Crippen LogP) is -3.66. The van der Waals surface area contributed by atoms with E-state index in [0.717, 1.165) is 0 Å². The highest BCUT2D eigenvalue weighted by Gasteiger charge is 2.40. The van der Waals surface area contributed by atoms with Gasteiger partial charge in [0.1, 0.15) is 0 Å². The highest BCUT2D eigenvalue weighted by molar-refractivity contribution is 5.89. The molecule has 0 spiro atoms. The van der Waals surface area contributed by atoms with E-state index in [4.69, 9.17) is 51.1 Å². The smallest absolute Gasteiger partial charge is 0.336 e. The first-order valence-electron chi connectivity index (χ1n) is 7.22. The van der Waals surface area contributed by atoms with Gasteiger partial charge in [-0.15, -0.1) is 0 Å². The molecular weight excluding hydrogens is 440 g/mol. The molecule has 17 nitrogen and oxygen atoms in total.